The zero-order valence-electron chi connectivity index (χ0n) is 17.4. The first-order valence-electron chi connectivity index (χ1n) is 10.3. The minimum absolute atomic E-state index is 0.250. The highest BCUT2D eigenvalue weighted by Crippen LogP contribution is 2.67. The Morgan fingerprint density at radius 3 is 2.37 bits per heavy atom. The third kappa shape index (κ3) is 2.98. The van der Waals surface area contributed by atoms with Crippen LogP contribution < -0.4 is 0 Å². The van der Waals surface area contributed by atoms with Crippen molar-refractivity contribution in [2.75, 3.05) is 0 Å². The van der Waals surface area contributed by atoms with Gasteiger partial charge in [0, 0.05) is 11.5 Å². The molecule has 0 spiro atoms. The van der Waals surface area contributed by atoms with E-state index in [1.807, 2.05) is 6.92 Å². The minimum Gasteiger partial charge on any atom is -0.478 e. The van der Waals surface area contributed by atoms with Crippen LogP contribution in [0.25, 0.3) is 0 Å². The maximum atomic E-state index is 10.9. The second kappa shape index (κ2) is 5.83. The van der Waals surface area contributed by atoms with Gasteiger partial charge in [-0.1, -0.05) is 57.5 Å². The molecule has 1 aromatic rings. The van der Waals surface area contributed by atoms with E-state index in [1.165, 1.54) is 48.5 Å². The highest BCUT2D eigenvalue weighted by Gasteiger charge is 2.60. The third-order valence-corrected chi connectivity index (χ3v) is 7.57. The molecule has 1 N–H and O–H groups in total. The summed E-state index contributed by atoms with van der Waals surface area (Å²) in [5.74, 6) is -0.253. The van der Waals surface area contributed by atoms with Gasteiger partial charge in [0.2, 0.25) is 0 Å². The number of carbonyl (C=O) groups is 1. The maximum absolute atomic E-state index is 10.9. The van der Waals surface area contributed by atoms with Crippen LogP contribution in [0.1, 0.15) is 83.4 Å². The number of carboxylic acids is 1. The molecule has 0 aromatic heterocycles. The van der Waals surface area contributed by atoms with Crippen LogP contribution in [0.2, 0.25) is 0 Å². The van der Waals surface area contributed by atoms with Crippen molar-refractivity contribution < 1.29 is 9.90 Å². The van der Waals surface area contributed by atoms with Crippen LogP contribution in [-0.4, -0.2) is 11.1 Å². The predicted molar refractivity (Wildman–Crippen MR) is 110 cm³/mol. The lowest BCUT2D eigenvalue weighted by molar-refractivity contribution is -0.131. The van der Waals surface area contributed by atoms with Gasteiger partial charge in [-0.3, -0.25) is 0 Å². The molecule has 3 aliphatic carbocycles. The summed E-state index contributed by atoms with van der Waals surface area (Å²) < 4.78 is 0. The summed E-state index contributed by atoms with van der Waals surface area (Å²) in [5, 5.41) is 8.96. The van der Waals surface area contributed by atoms with E-state index in [0.717, 1.165) is 12.0 Å². The smallest absolute Gasteiger partial charge is 0.328 e. The largest absolute Gasteiger partial charge is 0.478 e. The Morgan fingerprint density at radius 1 is 1.07 bits per heavy atom. The summed E-state index contributed by atoms with van der Waals surface area (Å²) >= 11 is 0. The topological polar surface area (TPSA) is 37.3 Å². The molecule has 2 nitrogen and oxygen atoms in total. The van der Waals surface area contributed by atoms with Gasteiger partial charge in [-0.05, 0) is 78.0 Å². The normalized spacial score (nSPS) is 32.1. The van der Waals surface area contributed by atoms with Gasteiger partial charge < -0.3 is 5.11 Å². The maximum Gasteiger partial charge on any atom is 0.328 e. The molecule has 0 saturated heterocycles. The molecule has 0 bridgehead atoms. The van der Waals surface area contributed by atoms with Crippen molar-refractivity contribution in [2.45, 2.75) is 83.0 Å². The van der Waals surface area contributed by atoms with Gasteiger partial charge in [-0.2, -0.15) is 0 Å². The number of aliphatic carboxylic acids is 1. The molecule has 2 saturated carbocycles. The Hall–Kier alpha value is -1.83. The molecule has 2 atom stereocenters. The Bertz CT molecular complexity index is 868. The summed E-state index contributed by atoms with van der Waals surface area (Å²) in [4.78, 5) is 10.9. The zero-order valence-corrected chi connectivity index (χ0v) is 17.4. The molecule has 0 heterocycles. The zero-order chi connectivity index (χ0) is 19.6. The van der Waals surface area contributed by atoms with Crippen molar-refractivity contribution in [2.24, 2.45) is 5.92 Å². The van der Waals surface area contributed by atoms with Gasteiger partial charge in [-0.25, -0.2) is 4.79 Å². The SMILES string of the molecule is CC(/C=C1/CCC2(c3ccc4c(c3)C(C)(C)CCC4(C)C)CC12)=C\C(=O)O. The lowest BCUT2D eigenvalue weighted by Gasteiger charge is -2.42. The van der Waals surface area contributed by atoms with E-state index in [1.54, 1.807) is 5.56 Å². The fourth-order valence-electron chi connectivity index (χ4n) is 5.67. The van der Waals surface area contributed by atoms with Gasteiger partial charge in [-0.15, -0.1) is 0 Å². The van der Waals surface area contributed by atoms with Crippen molar-refractivity contribution in [1.29, 1.82) is 0 Å². The van der Waals surface area contributed by atoms with Crippen molar-refractivity contribution >= 4 is 5.97 Å². The van der Waals surface area contributed by atoms with Gasteiger partial charge >= 0.3 is 5.97 Å². The summed E-state index contributed by atoms with van der Waals surface area (Å²) in [7, 11) is 0. The van der Waals surface area contributed by atoms with E-state index in [2.05, 4.69) is 52.0 Å². The molecule has 27 heavy (non-hydrogen) atoms. The molecule has 0 radical (unpaired) electrons. The molecule has 1 aromatic carbocycles. The highest BCUT2D eigenvalue weighted by molar-refractivity contribution is 5.81. The summed E-state index contributed by atoms with van der Waals surface area (Å²) in [6.07, 6.45) is 9.47. The molecule has 2 heteroatoms. The van der Waals surface area contributed by atoms with Crippen molar-refractivity contribution in [3.8, 4) is 0 Å². The minimum atomic E-state index is -0.857. The Morgan fingerprint density at radius 2 is 1.74 bits per heavy atom. The highest BCUT2D eigenvalue weighted by atomic mass is 16.4. The molecule has 3 aliphatic rings. The molecular formula is C25H32O2. The van der Waals surface area contributed by atoms with E-state index in [-0.39, 0.29) is 10.8 Å². The number of allylic oxidation sites excluding steroid dienone is 3. The van der Waals surface area contributed by atoms with Crippen molar-refractivity contribution in [1.82, 2.24) is 0 Å². The lowest BCUT2D eigenvalue weighted by Crippen LogP contribution is -2.34. The fourth-order valence-corrected chi connectivity index (χ4v) is 5.67. The molecule has 2 unspecified atom stereocenters. The lowest BCUT2D eigenvalue weighted by atomic mass is 9.62. The second-order valence-electron chi connectivity index (χ2n) is 10.4. The summed E-state index contributed by atoms with van der Waals surface area (Å²) in [6, 6.07) is 7.33. The van der Waals surface area contributed by atoms with Crippen LogP contribution in [0.3, 0.4) is 0 Å². The van der Waals surface area contributed by atoms with Gasteiger partial charge in [0.05, 0.1) is 0 Å². The monoisotopic (exact) mass is 364 g/mol. The predicted octanol–water partition coefficient (Wildman–Crippen LogP) is 6.04. The van der Waals surface area contributed by atoms with Gasteiger partial charge in [0.25, 0.3) is 0 Å². The summed E-state index contributed by atoms with van der Waals surface area (Å²) in [6.45, 7) is 11.5. The quantitative estimate of drug-likeness (QED) is 0.663. The second-order valence-corrected chi connectivity index (χ2v) is 10.4. The number of rotatable bonds is 3. The average Bonchev–Trinajstić information content (AvgIpc) is 3.22. The Labute approximate surface area is 163 Å². The molecule has 144 valence electrons. The summed E-state index contributed by atoms with van der Waals surface area (Å²) in [5.41, 5.74) is 7.72. The number of benzene rings is 1. The van der Waals surface area contributed by atoms with Gasteiger partial charge in [0.15, 0.2) is 0 Å². The molecule has 0 amide bonds. The van der Waals surface area contributed by atoms with E-state index < -0.39 is 5.97 Å². The first-order valence-corrected chi connectivity index (χ1v) is 10.3. The Kier molecular flexibility index (Phi) is 4.00. The number of carboxylic acid groups (broad SMARTS) is 1. The van der Waals surface area contributed by atoms with Crippen molar-refractivity contribution in [3.05, 3.63) is 58.2 Å². The Balaban J connectivity index is 1.67. The van der Waals surface area contributed by atoms with Crippen LogP contribution >= 0.6 is 0 Å². The van der Waals surface area contributed by atoms with Crippen molar-refractivity contribution in [3.63, 3.8) is 0 Å². The van der Waals surface area contributed by atoms with Crippen LogP contribution in [0.4, 0.5) is 0 Å². The number of hydrogen-bond donors (Lipinski definition) is 1. The van der Waals surface area contributed by atoms with E-state index >= 15 is 0 Å². The molecule has 2 fully saturated rings. The third-order valence-electron chi connectivity index (χ3n) is 7.57. The van der Waals surface area contributed by atoms with Gasteiger partial charge in [0.1, 0.15) is 0 Å². The fraction of sp³-hybridized carbons (Fsp3) is 0.560. The van der Waals surface area contributed by atoms with E-state index in [0.29, 0.717) is 11.3 Å². The van der Waals surface area contributed by atoms with E-state index in [4.69, 9.17) is 5.11 Å². The first-order chi connectivity index (χ1) is 12.6. The molecule has 4 rings (SSSR count). The first kappa shape index (κ1) is 18.5. The van der Waals surface area contributed by atoms with Crippen LogP contribution in [0.5, 0.6) is 0 Å². The van der Waals surface area contributed by atoms with E-state index in [9.17, 15) is 4.79 Å². The number of hydrogen-bond acceptors (Lipinski definition) is 1. The standard InChI is InChI=1S/C25H32O2/c1-16(13-22(26)27)12-17-8-9-25(15-21(17)25)18-6-7-19-20(14-18)24(4,5)11-10-23(19,2)3/h6-7,12-14,21H,8-11,15H2,1-5H3,(H,26,27)/b16-13+,17-12-. The molecular weight excluding hydrogens is 332 g/mol. The van der Waals surface area contributed by atoms with Crippen LogP contribution in [-0.2, 0) is 21.0 Å². The molecule has 0 aliphatic heterocycles. The van der Waals surface area contributed by atoms with Crippen LogP contribution in [0, 0.1) is 5.92 Å². The number of fused-ring (bicyclic) bond motifs is 2. The average molecular weight is 365 g/mol. The van der Waals surface area contributed by atoms with Crippen LogP contribution in [0.15, 0.2) is 41.5 Å².